The van der Waals surface area contributed by atoms with Gasteiger partial charge in [-0.1, -0.05) is 11.6 Å². The molecule has 0 radical (unpaired) electrons. The fraction of sp³-hybridized carbons (Fsp3) is 0.438. The van der Waals surface area contributed by atoms with Gasteiger partial charge in [0.25, 0.3) is 0 Å². The van der Waals surface area contributed by atoms with Gasteiger partial charge in [-0.2, -0.15) is 4.39 Å². The zero-order chi connectivity index (χ0) is 16.7. The molecule has 7 heteroatoms. The highest BCUT2D eigenvalue weighted by Crippen LogP contribution is 2.21. The minimum atomic E-state index is -0.897. The molecule has 23 heavy (non-hydrogen) atoms. The standard InChI is InChI=1S/C16H20FN3O3/c17-14-7-6-13(10-15(14)20(22)23)19-11-16(21)18-9-8-12-4-2-1-3-5-12/h4,6-7,10,19H,1-3,5,8-9,11H2,(H,18,21). The van der Waals surface area contributed by atoms with Crippen LogP contribution in [-0.2, 0) is 4.79 Å². The molecule has 2 N–H and O–H groups in total. The van der Waals surface area contributed by atoms with Gasteiger partial charge in [0.15, 0.2) is 0 Å². The molecule has 1 amide bonds. The molecule has 0 atom stereocenters. The minimum absolute atomic E-state index is 0.0121. The number of carbonyl (C=O) groups excluding carboxylic acids is 1. The Hall–Kier alpha value is -2.44. The van der Waals surface area contributed by atoms with Crippen LogP contribution in [0.15, 0.2) is 29.8 Å². The summed E-state index contributed by atoms with van der Waals surface area (Å²) < 4.78 is 13.2. The lowest BCUT2D eigenvalue weighted by Gasteiger charge is -2.13. The second-order valence-electron chi connectivity index (χ2n) is 5.48. The SMILES string of the molecule is O=C(CNc1ccc(F)c([N+](=O)[O-])c1)NCCC1=CCCCC1. The van der Waals surface area contributed by atoms with E-state index in [1.165, 1.54) is 24.5 Å². The Morgan fingerprint density at radius 1 is 1.35 bits per heavy atom. The zero-order valence-corrected chi connectivity index (χ0v) is 12.8. The van der Waals surface area contributed by atoms with Gasteiger partial charge < -0.3 is 10.6 Å². The van der Waals surface area contributed by atoms with Crippen molar-refractivity contribution >= 4 is 17.3 Å². The van der Waals surface area contributed by atoms with Crippen LogP contribution < -0.4 is 10.6 Å². The zero-order valence-electron chi connectivity index (χ0n) is 12.8. The van der Waals surface area contributed by atoms with Crippen molar-refractivity contribution in [2.45, 2.75) is 32.1 Å². The average Bonchev–Trinajstić information content (AvgIpc) is 2.55. The quantitative estimate of drug-likeness (QED) is 0.459. The summed E-state index contributed by atoms with van der Waals surface area (Å²) in [6.45, 7) is 0.567. The monoisotopic (exact) mass is 321 g/mol. The van der Waals surface area contributed by atoms with Gasteiger partial charge in [-0.15, -0.1) is 0 Å². The average molecular weight is 321 g/mol. The predicted molar refractivity (Wildman–Crippen MR) is 85.7 cm³/mol. The third-order valence-electron chi connectivity index (χ3n) is 3.75. The van der Waals surface area contributed by atoms with E-state index in [2.05, 4.69) is 16.7 Å². The topological polar surface area (TPSA) is 84.3 Å². The van der Waals surface area contributed by atoms with E-state index < -0.39 is 16.4 Å². The van der Waals surface area contributed by atoms with Crippen LogP contribution in [0.5, 0.6) is 0 Å². The molecule has 124 valence electrons. The smallest absolute Gasteiger partial charge is 0.306 e. The molecule has 0 bridgehead atoms. The number of hydrogen-bond donors (Lipinski definition) is 2. The first kappa shape index (κ1) is 16.9. The van der Waals surface area contributed by atoms with Crippen LogP contribution in [0.2, 0.25) is 0 Å². The van der Waals surface area contributed by atoms with Gasteiger partial charge >= 0.3 is 5.69 Å². The van der Waals surface area contributed by atoms with Gasteiger partial charge in [0.1, 0.15) is 0 Å². The molecule has 6 nitrogen and oxygen atoms in total. The molecular weight excluding hydrogens is 301 g/mol. The highest BCUT2D eigenvalue weighted by molar-refractivity contribution is 5.80. The molecule has 0 spiro atoms. The number of nitrogens with one attached hydrogen (secondary N) is 2. The number of carbonyl (C=O) groups is 1. The first-order valence-electron chi connectivity index (χ1n) is 7.68. The number of halogens is 1. The molecule has 1 aliphatic rings. The second kappa shape index (κ2) is 8.26. The van der Waals surface area contributed by atoms with Crippen LogP contribution in [0.25, 0.3) is 0 Å². The van der Waals surface area contributed by atoms with Crippen LogP contribution in [0.3, 0.4) is 0 Å². The molecule has 0 fully saturated rings. The maximum atomic E-state index is 13.2. The maximum absolute atomic E-state index is 13.2. The Kier molecular flexibility index (Phi) is 6.08. The van der Waals surface area contributed by atoms with Crippen molar-refractivity contribution in [1.82, 2.24) is 5.32 Å². The van der Waals surface area contributed by atoms with E-state index in [9.17, 15) is 19.3 Å². The molecule has 0 aromatic heterocycles. The molecule has 0 saturated heterocycles. The summed E-state index contributed by atoms with van der Waals surface area (Å²) in [7, 11) is 0. The number of anilines is 1. The summed E-state index contributed by atoms with van der Waals surface area (Å²) in [6.07, 6.45) is 7.77. The van der Waals surface area contributed by atoms with E-state index >= 15 is 0 Å². The van der Waals surface area contributed by atoms with Crippen LogP contribution in [-0.4, -0.2) is 23.9 Å². The van der Waals surface area contributed by atoms with E-state index in [0.717, 1.165) is 31.4 Å². The van der Waals surface area contributed by atoms with Gasteiger partial charge in [0.05, 0.1) is 11.5 Å². The van der Waals surface area contributed by atoms with Crippen molar-refractivity contribution in [3.05, 3.63) is 45.8 Å². The highest BCUT2D eigenvalue weighted by atomic mass is 19.1. The third-order valence-corrected chi connectivity index (χ3v) is 3.75. The predicted octanol–water partition coefficient (Wildman–Crippen LogP) is 3.15. The number of nitro benzene ring substituents is 1. The van der Waals surface area contributed by atoms with Gasteiger partial charge in [0, 0.05) is 18.3 Å². The van der Waals surface area contributed by atoms with Gasteiger partial charge in [-0.05, 0) is 44.2 Å². The molecule has 0 saturated carbocycles. The summed E-state index contributed by atoms with van der Waals surface area (Å²) >= 11 is 0. The lowest BCUT2D eigenvalue weighted by molar-refractivity contribution is -0.387. The van der Waals surface area contributed by atoms with Crippen molar-refractivity contribution in [2.75, 3.05) is 18.4 Å². The number of allylic oxidation sites excluding steroid dienone is 1. The second-order valence-corrected chi connectivity index (χ2v) is 5.48. The third kappa shape index (κ3) is 5.36. The molecule has 0 heterocycles. The van der Waals surface area contributed by atoms with E-state index in [1.54, 1.807) is 0 Å². The number of hydrogen-bond acceptors (Lipinski definition) is 4. The van der Waals surface area contributed by atoms with Crippen molar-refractivity contribution in [2.24, 2.45) is 0 Å². The molecule has 1 aromatic rings. The molecule has 0 unspecified atom stereocenters. The largest absolute Gasteiger partial charge is 0.376 e. The van der Waals surface area contributed by atoms with E-state index in [0.29, 0.717) is 12.2 Å². The molecule has 2 rings (SSSR count). The molecule has 1 aromatic carbocycles. The Morgan fingerprint density at radius 3 is 2.87 bits per heavy atom. The lowest BCUT2D eigenvalue weighted by Crippen LogP contribution is -2.30. The molecule has 1 aliphatic carbocycles. The van der Waals surface area contributed by atoms with E-state index in [-0.39, 0.29) is 12.5 Å². The van der Waals surface area contributed by atoms with Crippen molar-refractivity contribution in [1.29, 1.82) is 0 Å². The summed E-state index contributed by atoms with van der Waals surface area (Å²) in [4.78, 5) is 21.6. The highest BCUT2D eigenvalue weighted by Gasteiger charge is 2.14. The lowest BCUT2D eigenvalue weighted by atomic mass is 9.97. The van der Waals surface area contributed by atoms with Gasteiger partial charge in [-0.25, -0.2) is 0 Å². The first-order chi connectivity index (χ1) is 11.1. The Balaban J connectivity index is 1.74. The van der Waals surface area contributed by atoms with Gasteiger partial charge in [-0.3, -0.25) is 14.9 Å². The first-order valence-corrected chi connectivity index (χ1v) is 7.68. The number of nitro groups is 1. The fourth-order valence-electron chi connectivity index (χ4n) is 2.50. The van der Waals surface area contributed by atoms with Gasteiger partial charge in [0.2, 0.25) is 11.7 Å². The van der Waals surface area contributed by atoms with Crippen molar-refractivity contribution in [3.8, 4) is 0 Å². The maximum Gasteiger partial charge on any atom is 0.306 e. The minimum Gasteiger partial charge on any atom is -0.376 e. The van der Waals surface area contributed by atoms with Crippen LogP contribution in [0.1, 0.15) is 32.1 Å². The molecular formula is C16H20FN3O3. The van der Waals surface area contributed by atoms with E-state index in [1.807, 2.05) is 0 Å². The number of amides is 1. The fourth-order valence-corrected chi connectivity index (χ4v) is 2.50. The van der Waals surface area contributed by atoms with Crippen molar-refractivity contribution < 1.29 is 14.1 Å². The summed E-state index contributed by atoms with van der Waals surface area (Å²) in [5.74, 6) is -1.10. The number of rotatable bonds is 7. The summed E-state index contributed by atoms with van der Waals surface area (Å²) in [6, 6.07) is 3.45. The normalized spacial score (nSPS) is 14.0. The van der Waals surface area contributed by atoms with E-state index in [4.69, 9.17) is 0 Å². The Morgan fingerprint density at radius 2 is 2.17 bits per heavy atom. The summed E-state index contributed by atoms with van der Waals surface area (Å²) in [5, 5.41) is 16.2. The van der Waals surface area contributed by atoms with Crippen LogP contribution in [0.4, 0.5) is 15.8 Å². The Labute approximate surface area is 133 Å². The Bertz CT molecular complexity index is 617. The number of benzene rings is 1. The number of nitrogens with zero attached hydrogens (tertiary/aromatic N) is 1. The van der Waals surface area contributed by atoms with Crippen molar-refractivity contribution in [3.63, 3.8) is 0 Å². The van der Waals surface area contributed by atoms with Crippen LogP contribution in [0, 0.1) is 15.9 Å². The molecule has 0 aliphatic heterocycles. The van der Waals surface area contributed by atoms with Crippen LogP contribution >= 0.6 is 0 Å². The summed E-state index contributed by atoms with van der Waals surface area (Å²) in [5.41, 5.74) is 1.11.